The Morgan fingerprint density at radius 2 is 2.40 bits per heavy atom. The number of nitrogens with one attached hydrogen (secondary N) is 1. The first-order chi connectivity index (χ1) is 7.31. The van der Waals surface area contributed by atoms with E-state index in [0.29, 0.717) is 18.2 Å². The van der Waals surface area contributed by atoms with E-state index in [1.54, 1.807) is 6.20 Å². The van der Waals surface area contributed by atoms with Crippen LogP contribution in [0.5, 0.6) is 0 Å². The lowest BCUT2D eigenvalue weighted by Crippen LogP contribution is -2.30. The summed E-state index contributed by atoms with van der Waals surface area (Å²) < 4.78 is 5.75. The van der Waals surface area contributed by atoms with E-state index in [1.165, 1.54) is 6.42 Å². The van der Waals surface area contributed by atoms with Crippen LogP contribution < -0.4 is 5.32 Å². The molecule has 2 saturated heterocycles. The van der Waals surface area contributed by atoms with Gasteiger partial charge in [0.05, 0.1) is 18.2 Å². The van der Waals surface area contributed by atoms with Crippen LogP contribution in [-0.4, -0.2) is 28.2 Å². The third kappa shape index (κ3) is 1.79. The van der Waals surface area contributed by atoms with Gasteiger partial charge in [0, 0.05) is 6.20 Å². The molecule has 0 saturated carbocycles. The summed E-state index contributed by atoms with van der Waals surface area (Å²) >= 11 is 5.72. The lowest BCUT2D eigenvalue weighted by Gasteiger charge is -2.20. The van der Waals surface area contributed by atoms with E-state index in [2.05, 4.69) is 15.3 Å². The first-order valence-corrected chi connectivity index (χ1v) is 5.59. The van der Waals surface area contributed by atoms with Crippen LogP contribution in [0.4, 0.5) is 5.82 Å². The summed E-state index contributed by atoms with van der Waals surface area (Å²) in [6.07, 6.45) is 5.89. The number of aromatic nitrogens is 2. The van der Waals surface area contributed by atoms with Gasteiger partial charge in [-0.1, -0.05) is 0 Å². The normalized spacial score (nSPS) is 33.3. The molecule has 0 amide bonds. The molecule has 15 heavy (non-hydrogen) atoms. The molecular formula is C10H12ClN3O. The summed E-state index contributed by atoms with van der Waals surface area (Å²) in [7, 11) is 0. The van der Waals surface area contributed by atoms with Crippen molar-refractivity contribution in [2.75, 3.05) is 5.32 Å². The second-order valence-corrected chi connectivity index (χ2v) is 4.41. The van der Waals surface area contributed by atoms with Crippen molar-refractivity contribution >= 4 is 17.4 Å². The second-order valence-electron chi connectivity index (χ2n) is 4.07. The van der Waals surface area contributed by atoms with E-state index >= 15 is 0 Å². The number of anilines is 1. The van der Waals surface area contributed by atoms with Gasteiger partial charge in [0.1, 0.15) is 5.82 Å². The average molecular weight is 226 g/mol. The van der Waals surface area contributed by atoms with Crippen molar-refractivity contribution in [1.29, 1.82) is 0 Å². The average Bonchev–Trinajstić information content (AvgIpc) is 2.79. The Balaban J connectivity index is 1.71. The summed E-state index contributed by atoms with van der Waals surface area (Å²) in [5.74, 6) is 0.788. The number of hydrogen-bond donors (Lipinski definition) is 1. The fourth-order valence-corrected chi connectivity index (χ4v) is 2.54. The maximum Gasteiger partial charge on any atom is 0.224 e. The van der Waals surface area contributed by atoms with Gasteiger partial charge in [-0.2, -0.15) is 0 Å². The minimum Gasteiger partial charge on any atom is -0.373 e. The first-order valence-electron chi connectivity index (χ1n) is 5.22. The predicted octanol–water partition coefficient (Wildman–Crippen LogP) is 1.86. The Labute approximate surface area is 93.0 Å². The molecule has 3 heterocycles. The highest BCUT2D eigenvalue weighted by Crippen LogP contribution is 2.35. The Hall–Kier alpha value is -0.870. The molecule has 2 bridgehead atoms. The van der Waals surface area contributed by atoms with Gasteiger partial charge < -0.3 is 10.1 Å². The van der Waals surface area contributed by atoms with Gasteiger partial charge in [-0.05, 0) is 36.9 Å². The van der Waals surface area contributed by atoms with Crippen LogP contribution in [-0.2, 0) is 4.74 Å². The van der Waals surface area contributed by atoms with Crippen LogP contribution in [0.3, 0.4) is 0 Å². The molecule has 2 fully saturated rings. The number of halogens is 1. The number of fused-ring (bicyclic) bond motifs is 2. The standard InChI is InChI=1S/C10H12ClN3O/c11-10-12-4-3-9(14-10)13-7-5-6-1-2-8(7)15-6/h3-4,6-8H,1-2,5H2,(H,12,13,14). The van der Waals surface area contributed by atoms with Crippen LogP contribution in [0.15, 0.2) is 12.3 Å². The van der Waals surface area contributed by atoms with E-state index in [4.69, 9.17) is 16.3 Å². The molecular weight excluding hydrogens is 214 g/mol. The molecule has 1 aromatic rings. The molecule has 1 N–H and O–H groups in total. The van der Waals surface area contributed by atoms with Crippen LogP contribution in [0.1, 0.15) is 19.3 Å². The number of hydrogen-bond acceptors (Lipinski definition) is 4. The number of nitrogens with zero attached hydrogens (tertiary/aromatic N) is 2. The van der Waals surface area contributed by atoms with Crippen molar-refractivity contribution in [2.45, 2.75) is 37.5 Å². The minimum atomic E-state index is 0.282. The zero-order valence-corrected chi connectivity index (χ0v) is 8.94. The maximum atomic E-state index is 5.75. The van der Waals surface area contributed by atoms with Gasteiger partial charge in [-0.3, -0.25) is 0 Å². The predicted molar refractivity (Wildman–Crippen MR) is 57.0 cm³/mol. The fourth-order valence-electron chi connectivity index (χ4n) is 2.39. The Morgan fingerprint density at radius 1 is 1.47 bits per heavy atom. The monoisotopic (exact) mass is 225 g/mol. The lowest BCUT2D eigenvalue weighted by atomic mass is 9.95. The van der Waals surface area contributed by atoms with Crippen molar-refractivity contribution in [3.63, 3.8) is 0 Å². The molecule has 80 valence electrons. The summed E-state index contributed by atoms with van der Waals surface area (Å²) in [4.78, 5) is 7.95. The van der Waals surface area contributed by atoms with Crippen molar-refractivity contribution in [3.8, 4) is 0 Å². The Kier molecular flexibility index (Phi) is 2.25. The second kappa shape index (κ2) is 3.61. The molecule has 3 atom stereocenters. The van der Waals surface area contributed by atoms with E-state index in [1.807, 2.05) is 6.07 Å². The third-order valence-electron chi connectivity index (χ3n) is 3.07. The van der Waals surface area contributed by atoms with Gasteiger partial charge in [-0.15, -0.1) is 0 Å². The number of rotatable bonds is 2. The van der Waals surface area contributed by atoms with E-state index < -0.39 is 0 Å². The summed E-state index contributed by atoms with van der Waals surface area (Å²) in [6, 6.07) is 2.22. The summed E-state index contributed by atoms with van der Waals surface area (Å²) in [6.45, 7) is 0. The molecule has 2 aliphatic rings. The van der Waals surface area contributed by atoms with Crippen molar-refractivity contribution in [1.82, 2.24) is 9.97 Å². The lowest BCUT2D eigenvalue weighted by molar-refractivity contribution is 0.102. The highest BCUT2D eigenvalue weighted by atomic mass is 35.5. The molecule has 1 aromatic heterocycles. The quantitative estimate of drug-likeness (QED) is 0.781. The van der Waals surface area contributed by atoms with Crippen LogP contribution in [0.2, 0.25) is 5.28 Å². The molecule has 3 unspecified atom stereocenters. The molecule has 0 radical (unpaired) electrons. The van der Waals surface area contributed by atoms with E-state index in [0.717, 1.165) is 18.7 Å². The highest BCUT2D eigenvalue weighted by molar-refractivity contribution is 6.28. The van der Waals surface area contributed by atoms with Gasteiger partial charge in [0.25, 0.3) is 0 Å². The van der Waals surface area contributed by atoms with Gasteiger partial charge >= 0.3 is 0 Å². The Bertz CT molecular complexity index is 373. The van der Waals surface area contributed by atoms with Crippen LogP contribution >= 0.6 is 11.6 Å². The van der Waals surface area contributed by atoms with Crippen LogP contribution in [0.25, 0.3) is 0 Å². The van der Waals surface area contributed by atoms with E-state index in [9.17, 15) is 0 Å². The van der Waals surface area contributed by atoms with Crippen molar-refractivity contribution < 1.29 is 4.74 Å². The summed E-state index contributed by atoms with van der Waals surface area (Å²) in [5.41, 5.74) is 0. The molecule has 0 spiro atoms. The third-order valence-corrected chi connectivity index (χ3v) is 3.25. The van der Waals surface area contributed by atoms with Gasteiger partial charge in [0.15, 0.2) is 0 Å². The highest BCUT2D eigenvalue weighted by Gasteiger charge is 2.40. The SMILES string of the molecule is Clc1nccc(NC2CC3CCC2O3)n1. The van der Waals surface area contributed by atoms with E-state index in [-0.39, 0.29) is 5.28 Å². The molecule has 0 aliphatic carbocycles. The van der Waals surface area contributed by atoms with Crippen LogP contribution in [0, 0.1) is 0 Å². The fraction of sp³-hybridized carbons (Fsp3) is 0.600. The van der Waals surface area contributed by atoms with Gasteiger partial charge in [-0.25, -0.2) is 9.97 Å². The topological polar surface area (TPSA) is 47.0 Å². The van der Waals surface area contributed by atoms with Gasteiger partial charge in [0.2, 0.25) is 5.28 Å². The minimum absolute atomic E-state index is 0.282. The maximum absolute atomic E-state index is 5.75. The Morgan fingerprint density at radius 3 is 3.07 bits per heavy atom. The molecule has 5 heteroatoms. The first kappa shape index (κ1) is 9.36. The number of ether oxygens (including phenoxy) is 1. The van der Waals surface area contributed by atoms with Crippen molar-refractivity contribution in [2.24, 2.45) is 0 Å². The zero-order valence-electron chi connectivity index (χ0n) is 8.19. The van der Waals surface area contributed by atoms with Crippen molar-refractivity contribution in [3.05, 3.63) is 17.5 Å². The molecule has 0 aromatic carbocycles. The largest absolute Gasteiger partial charge is 0.373 e. The summed E-state index contributed by atoms with van der Waals surface area (Å²) in [5, 5.41) is 3.63. The molecule has 2 aliphatic heterocycles. The molecule has 4 nitrogen and oxygen atoms in total. The molecule has 3 rings (SSSR count). The zero-order chi connectivity index (χ0) is 10.3. The smallest absolute Gasteiger partial charge is 0.224 e.